The molecule has 0 saturated carbocycles. The molecule has 1 amide bonds. The van der Waals surface area contributed by atoms with Crippen molar-refractivity contribution >= 4 is 11.6 Å². The van der Waals surface area contributed by atoms with Gasteiger partial charge in [-0.15, -0.1) is 0 Å². The molecule has 17 heavy (non-hydrogen) atoms. The van der Waals surface area contributed by atoms with E-state index in [9.17, 15) is 22.4 Å². The quantitative estimate of drug-likeness (QED) is 0.623. The summed E-state index contributed by atoms with van der Waals surface area (Å²) in [6.07, 6.45) is -4.51. The molecule has 0 unspecified atom stereocenters. The van der Waals surface area contributed by atoms with Gasteiger partial charge >= 0.3 is 6.18 Å². The van der Waals surface area contributed by atoms with E-state index in [-0.39, 0.29) is 16.8 Å². The first-order chi connectivity index (χ1) is 7.70. The van der Waals surface area contributed by atoms with Gasteiger partial charge in [0.2, 0.25) is 0 Å². The summed E-state index contributed by atoms with van der Waals surface area (Å²) in [6, 6.07) is 1.97. The molecule has 0 radical (unpaired) electrons. The lowest BCUT2D eigenvalue weighted by Crippen LogP contribution is -2.33. The van der Waals surface area contributed by atoms with Crippen LogP contribution in [-0.4, -0.2) is 18.6 Å². The third-order valence-corrected chi connectivity index (χ3v) is 2.10. The number of nitrogens with one attached hydrogen (secondary N) is 1. The lowest BCUT2D eigenvalue weighted by Gasteiger charge is -2.09. The van der Waals surface area contributed by atoms with Gasteiger partial charge in [-0.25, -0.2) is 4.39 Å². The van der Waals surface area contributed by atoms with Crippen LogP contribution in [0.1, 0.15) is 15.9 Å². The number of halogens is 4. The lowest BCUT2D eigenvalue weighted by atomic mass is 10.1. The third-order valence-electron chi connectivity index (χ3n) is 2.10. The topological polar surface area (TPSA) is 55.1 Å². The van der Waals surface area contributed by atoms with Crippen LogP contribution in [0, 0.1) is 12.7 Å². The van der Waals surface area contributed by atoms with E-state index in [1.165, 1.54) is 6.92 Å². The second kappa shape index (κ2) is 4.60. The molecule has 0 atom stereocenters. The highest BCUT2D eigenvalue weighted by atomic mass is 19.4. The zero-order valence-electron chi connectivity index (χ0n) is 8.86. The minimum atomic E-state index is -4.51. The molecule has 1 aromatic carbocycles. The Labute approximate surface area is 94.6 Å². The first-order valence-electron chi connectivity index (χ1n) is 4.61. The molecule has 0 aliphatic carbocycles. The van der Waals surface area contributed by atoms with Crippen LogP contribution in [-0.2, 0) is 0 Å². The fourth-order valence-corrected chi connectivity index (χ4v) is 1.11. The summed E-state index contributed by atoms with van der Waals surface area (Å²) in [5.41, 5.74) is 5.32. The highest BCUT2D eigenvalue weighted by Gasteiger charge is 2.28. The van der Waals surface area contributed by atoms with Gasteiger partial charge in [0.1, 0.15) is 12.4 Å². The van der Waals surface area contributed by atoms with Crippen molar-refractivity contribution < 1.29 is 22.4 Å². The number of anilines is 1. The number of rotatable bonds is 2. The maximum absolute atomic E-state index is 13.2. The Morgan fingerprint density at radius 2 is 2.00 bits per heavy atom. The van der Waals surface area contributed by atoms with E-state index in [4.69, 9.17) is 5.73 Å². The van der Waals surface area contributed by atoms with Gasteiger partial charge in [-0.3, -0.25) is 4.79 Å². The smallest absolute Gasteiger partial charge is 0.398 e. The second-order valence-electron chi connectivity index (χ2n) is 3.47. The van der Waals surface area contributed by atoms with Gasteiger partial charge in [-0.2, -0.15) is 13.2 Å². The van der Waals surface area contributed by atoms with Gasteiger partial charge in [-0.1, -0.05) is 0 Å². The Balaban J connectivity index is 2.84. The third kappa shape index (κ3) is 3.61. The Bertz CT molecular complexity index is 419. The molecule has 94 valence electrons. The highest BCUT2D eigenvalue weighted by molar-refractivity contribution is 5.95. The minimum Gasteiger partial charge on any atom is -0.398 e. The number of hydrogen-bond donors (Lipinski definition) is 2. The van der Waals surface area contributed by atoms with Crippen LogP contribution in [0.25, 0.3) is 0 Å². The van der Waals surface area contributed by atoms with Crippen molar-refractivity contribution in [2.24, 2.45) is 0 Å². The Morgan fingerprint density at radius 3 is 2.47 bits per heavy atom. The molecule has 0 bridgehead atoms. The van der Waals surface area contributed by atoms with Gasteiger partial charge in [0.25, 0.3) is 5.91 Å². The molecule has 0 fully saturated rings. The Kier molecular flexibility index (Phi) is 3.59. The predicted molar refractivity (Wildman–Crippen MR) is 53.9 cm³/mol. The number of carbonyl (C=O) groups excluding carboxylic acids is 1. The zero-order chi connectivity index (χ0) is 13.2. The molecule has 0 aromatic heterocycles. The van der Waals surface area contributed by atoms with E-state index in [1.807, 2.05) is 0 Å². The lowest BCUT2D eigenvalue weighted by molar-refractivity contribution is -0.123. The summed E-state index contributed by atoms with van der Waals surface area (Å²) in [7, 11) is 0. The van der Waals surface area contributed by atoms with Crippen molar-refractivity contribution in [1.29, 1.82) is 0 Å². The highest BCUT2D eigenvalue weighted by Crippen LogP contribution is 2.18. The van der Waals surface area contributed by atoms with E-state index >= 15 is 0 Å². The van der Waals surface area contributed by atoms with Gasteiger partial charge in [0.15, 0.2) is 0 Å². The minimum absolute atomic E-state index is 0.0159. The number of alkyl halides is 3. The van der Waals surface area contributed by atoms with Crippen molar-refractivity contribution in [3.63, 3.8) is 0 Å². The second-order valence-corrected chi connectivity index (χ2v) is 3.47. The summed E-state index contributed by atoms with van der Waals surface area (Å²) in [6.45, 7) is -0.0662. The van der Waals surface area contributed by atoms with Gasteiger partial charge in [0.05, 0.1) is 0 Å². The number of benzene rings is 1. The average Bonchev–Trinajstić information content (AvgIpc) is 2.20. The SMILES string of the molecule is Cc1c(N)cc(C(=O)NCC(F)(F)F)cc1F. The molecular formula is C10H10F4N2O. The van der Waals surface area contributed by atoms with Crippen molar-refractivity contribution in [3.8, 4) is 0 Å². The predicted octanol–water partition coefficient (Wildman–Crippen LogP) is 2.01. The average molecular weight is 250 g/mol. The van der Waals surface area contributed by atoms with Crippen LogP contribution >= 0.6 is 0 Å². The molecule has 1 rings (SSSR count). The van der Waals surface area contributed by atoms with E-state index in [2.05, 4.69) is 0 Å². The summed E-state index contributed by atoms with van der Waals surface area (Å²) in [4.78, 5) is 11.3. The standard InChI is InChI=1S/C10H10F4N2O/c1-5-7(11)2-6(3-8(5)15)9(17)16-4-10(12,13)14/h2-3H,4,15H2,1H3,(H,16,17). The number of amides is 1. The van der Waals surface area contributed by atoms with Crippen LogP contribution < -0.4 is 11.1 Å². The van der Waals surface area contributed by atoms with Crippen LogP contribution in [0.3, 0.4) is 0 Å². The van der Waals surface area contributed by atoms with Crippen LogP contribution in [0.4, 0.5) is 23.2 Å². The number of nitrogens with two attached hydrogens (primary N) is 1. The molecule has 0 aliphatic rings. The molecule has 0 heterocycles. The van der Waals surface area contributed by atoms with Crippen molar-refractivity contribution in [2.45, 2.75) is 13.1 Å². The van der Waals surface area contributed by atoms with E-state index in [1.54, 1.807) is 5.32 Å². The zero-order valence-corrected chi connectivity index (χ0v) is 8.86. The largest absolute Gasteiger partial charge is 0.405 e. The van der Waals surface area contributed by atoms with Crippen molar-refractivity contribution in [2.75, 3.05) is 12.3 Å². The fraction of sp³-hybridized carbons (Fsp3) is 0.300. The van der Waals surface area contributed by atoms with E-state index in [0.29, 0.717) is 0 Å². The van der Waals surface area contributed by atoms with Crippen LogP contribution in [0.15, 0.2) is 12.1 Å². The summed E-state index contributed by atoms with van der Waals surface area (Å²) in [5, 5.41) is 1.63. The van der Waals surface area contributed by atoms with Crippen molar-refractivity contribution in [3.05, 3.63) is 29.1 Å². The molecule has 3 N–H and O–H groups in total. The van der Waals surface area contributed by atoms with Gasteiger partial charge < -0.3 is 11.1 Å². The molecule has 0 aliphatic heterocycles. The van der Waals surface area contributed by atoms with Crippen LogP contribution in [0.5, 0.6) is 0 Å². The van der Waals surface area contributed by atoms with E-state index in [0.717, 1.165) is 12.1 Å². The first kappa shape index (κ1) is 13.3. The molecular weight excluding hydrogens is 240 g/mol. The first-order valence-corrected chi connectivity index (χ1v) is 4.61. The number of hydrogen-bond acceptors (Lipinski definition) is 2. The van der Waals surface area contributed by atoms with Crippen molar-refractivity contribution in [1.82, 2.24) is 5.32 Å². The number of nitrogen functional groups attached to an aromatic ring is 1. The Hall–Kier alpha value is -1.79. The van der Waals surface area contributed by atoms with Gasteiger partial charge in [-0.05, 0) is 19.1 Å². The monoisotopic (exact) mass is 250 g/mol. The molecule has 3 nitrogen and oxygen atoms in total. The maximum Gasteiger partial charge on any atom is 0.405 e. The fourth-order valence-electron chi connectivity index (χ4n) is 1.11. The van der Waals surface area contributed by atoms with Crippen LogP contribution in [0.2, 0.25) is 0 Å². The molecule has 1 aromatic rings. The molecule has 7 heteroatoms. The summed E-state index contributed by atoms with van der Waals surface area (Å²) >= 11 is 0. The van der Waals surface area contributed by atoms with E-state index < -0.39 is 24.4 Å². The summed E-state index contributed by atoms with van der Waals surface area (Å²) < 4.78 is 48.7. The normalized spacial score (nSPS) is 11.4. The molecule has 0 spiro atoms. The number of carbonyl (C=O) groups is 1. The maximum atomic E-state index is 13.2. The molecule has 0 saturated heterocycles. The Morgan fingerprint density at radius 1 is 1.41 bits per heavy atom. The summed E-state index contributed by atoms with van der Waals surface area (Å²) in [5.74, 6) is -1.75. The van der Waals surface area contributed by atoms with Gasteiger partial charge in [0, 0.05) is 16.8 Å².